The Hall–Kier alpha value is -0.0800. The molecule has 4 atom stereocenters. The predicted molar refractivity (Wildman–Crippen MR) is 58.8 cm³/mol. The van der Waals surface area contributed by atoms with Crippen molar-refractivity contribution >= 4 is 0 Å². The highest BCUT2D eigenvalue weighted by Crippen LogP contribution is 2.55. The summed E-state index contributed by atoms with van der Waals surface area (Å²) in [5.41, 5.74) is 0.429. The van der Waals surface area contributed by atoms with Crippen LogP contribution in [0.3, 0.4) is 0 Å². The topological polar surface area (TPSA) is 18.5 Å². The summed E-state index contributed by atoms with van der Waals surface area (Å²) >= 11 is 0. The molecule has 86 valence electrons. The smallest absolute Gasteiger partial charge is 0.0658 e. The quantitative estimate of drug-likeness (QED) is 0.697. The van der Waals surface area contributed by atoms with Crippen molar-refractivity contribution in [1.82, 2.24) is 0 Å². The normalized spacial score (nSPS) is 49.0. The maximum Gasteiger partial charge on any atom is 0.0658 e. The molecule has 0 N–H and O–H groups in total. The van der Waals surface area contributed by atoms with E-state index in [-0.39, 0.29) is 0 Å². The van der Waals surface area contributed by atoms with Crippen molar-refractivity contribution in [3.63, 3.8) is 0 Å². The van der Waals surface area contributed by atoms with Gasteiger partial charge in [-0.05, 0) is 19.3 Å². The second kappa shape index (κ2) is 3.74. The van der Waals surface area contributed by atoms with Gasteiger partial charge in [0.1, 0.15) is 0 Å². The number of hydrogen-bond acceptors (Lipinski definition) is 2. The summed E-state index contributed by atoms with van der Waals surface area (Å²) in [5.74, 6) is 0.711. The summed E-state index contributed by atoms with van der Waals surface area (Å²) in [6, 6.07) is 0. The Kier molecular flexibility index (Phi) is 2.52. The van der Waals surface area contributed by atoms with E-state index in [9.17, 15) is 0 Å². The Morgan fingerprint density at radius 3 is 3.07 bits per heavy atom. The minimum Gasteiger partial charge on any atom is -0.377 e. The van der Waals surface area contributed by atoms with Crippen molar-refractivity contribution in [2.45, 2.75) is 57.7 Å². The van der Waals surface area contributed by atoms with Crippen LogP contribution in [0, 0.1) is 11.3 Å². The average molecular weight is 210 g/mol. The first-order chi connectivity index (χ1) is 7.37. The summed E-state index contributed by atoms with van der Waals surface area (Å²) in [4.78, 5) is 0. The lowest BCUT2D eigenvalue weighted by atomic mass is 9.66. The molecular weight excluding hydrogens is 188 g/mol. The molecule has 1 unspecified atom stereocenters. The fourth-order valence-corrected chi connectivity index (χ4v) is 3.99. The van der Waals surface area contributed by atoms with E-state index in [1.165, 1.54) is 38.5 Å². The van der Waals surface area contributed by atoms with Gasteiger partial charge in [-0.1, -0.05) is 26.2 Å². The summed E-state index contributed by atoms with van der Waals surface area (Å²) in [6.45, 7) is 4.20. The lowest BCUT2D eigenvalue weighted by Crippen LogP contribution is -2.39. The van der Waals surface area contributed by atoms with Crippen LogP contribution >= 0.6 is 0 Å². The monoisotopic (exact) mass is 210 g/mol. The van der Waals surface area contributed by atoms with Crippen molar-refractivity contribution in [2.24, 2.45) is 11.3 Å². The molecule has 0 amide bonds. The molecular formula is C13H22O2. The Labute approximate surface area is 92.3 Å². The molecule has 2 heterocycles. The summed E-state index contributed by atoms with van der Waals surface area (Å²) in [7, 11) is 0. The van der Waals surface area contributed by atoms with Crippen LogP contribution < -0.4 is 0 Å². The standard InChI is InChI=1S/C13H22O2/c1-2-5-11-10-8-14-12-6-3-4-7-13(10,12)9-15-11/h10-12H,2-9H2,1H3/t10?,11-,12-,13+/m1/s1. The second-order valence-electron chi connectivity index (χ2n) is 5.55. The van der Waals surface area contributed by atoms with Crippen molar-refractivity contribution in [2.75, 3.05) is 13.2 Å². The van der Waals surface area contributed by atoms with E-state index in [4.69, 9.17) is 9.47 Å². The minimum atomic E-state index is 0.429. The van der Waals surface area contributed by atoms with Gasteiger partial charge in [0, 0.05) is 11.3 Å². The van der Waals surface area contributed by atoms with Gasteiger partial charge in [-0.3, -0.25) is 0 Å². The Balaban J connectivity index is 1.80. The SMILES string of the molecule is CCC[C@H]1OC[C@]23CCCC[C@H]2OCC13. The fraction of sp³-hybridized carbons (Fsp3) is 1.00. The molecule has 15 heavy (non-hydrogen) atoms. The molecule has 2 aliphatic heterocycles. The van der Waals surface area contributed by atoms with Crippen LogP contribution in [0.25, 0.3) is 0 Å². The van der Waals surface area contributed by atoms with Crippen LogP contribution in [-0.2, 0) is 9.47 Å². The fourth-order valence-electron chi connectivity index (χ4n) is 3.99. The molecule has 3 aliphatic rings. The third-order valence-electron chi connectivity index (χ3n) is 4.80. The highest BCUT2D eigenvalue weighted by molar-refractivity contribution is 5.05. The van der Waals surface area contributed by atoms with Crippen molar-refractivity contribution in [3.05, 3.63) is 0 Å². The van der Waals surface area contributed by atoms with Crippen LogP contribution in [0.5, 0.6) is 0 Å². The molecule has 0 aromatic rings. The maximum atomic E-state index is 6.04. The predicted octanol–water partition coefficient (Wildman–Crippen LogP) is 2.76. The van der Waals surface area contributed by atoms with E-state index in [0.717, 1.165) is 13.2 Å². The molecule has 1 aliphatic carbocycles. The van der Waals surface area contributed by atoms with Gasteiger partial charge in [0.05, 0.1) is 25.4 Å². The number of hydrogen-bond donors (Lipinski definition) is 0. The Morgan fingerprint density at radius 1 is 1.27 bits per heavy atom. The number of ether oxygens (including phenoxy) is 2. The zero-order valence-corrected chi connectivity index (χ0v) is 9.71. The first-order valence-corrected chi connectivity index (χ1v) is 6.60. The van der Waals surface area contributed by atoms with E-state index in [2.05, 4.69) is 6.92 Å². The average Bonchev–Trinajstić information content (AvgIpc) is 2.76. The minimum absolute atomic E-state index is 0.429. The van der Waals surface area contributed by atoms with Crippen LogP contribution in [0.4, 0.5) is 0 Å². The first kappa shape index (κ1) is 10.1. The molecule has 0 radical (unpaired) electrons. The van der Waals surface area contributed by atoms with E-state index in [1.807, 2.05) is 0 Å². The Morgan fingerprint density at radius 2 is 2.20 bits per heavy atom. The second-order valence-corrected chi connectivity index (χ2v) is 5.55. The van der Waals surface area contributed by atoms with Gasteiger partial charge in [0.2, 0.25) is 0 Å². The van der Waals surface area contributed by atoms with Crippen molar-refractivity contribution < 1.29 is 9.47 Å². The third-order valence-corrected chi connectivity index (χ3v) is 4.80. The highest BCUT2D eigenvalue weighted by Gasteiger charge is 2.58. The van der Waals surface area contributed by atoms with Gasteiger partial charge >= 0.3 is 0 Å². The molecule has 2 saturated heterocycles. The summed E-state index contributed by atoms with van der Waals surface area (Å²) in [6.07, 6.45) is 8.86. The van der Waals surface area contributed by atoms with E-state index >= 15 is 0 Å². The van der Waals surface area contributed by atoms with Gasteiger partial charge in [-0.15, -0.1) is 0 Å². The molecule has 1 saturated carbocycles. The van der Waals surface area contributed by atoms with Gasteiger partial charge in [0.15, 0.2) is 0 Å². The summed E-state index contributed by atoms with van der Waals surface area (Å²) in [5, 5.41) is 0. The third kappa shape index (κ3) is 1.38. The summed E-state index contributed by atoms with van der Waals surface area (Å²) < 4.78 is 12.1. The molecule has 0 bridgehead atoms. The van der Waals surface area contributed by atoms with E-state index in [0.29, 0.717) is 23.5 Å². The first-order valence-electron chi connectivity index (χ1n) is 6.60. The zero-order valence-electron chi connectivity index (χ0n) is 9.71. The van der Waals surface area contributed by atoms with E-state index in [1.54, 1.807) is 0 Å². The van der Waals surface area contributed by atoms with Crippen molar-refractivity contribution in [1.29, 1.82) is 0 Å². The van der Waals surface area contributed by atoms with Crippen LogP contribution in [0.2, 0.25) is 0 Å². The van der Waals surface area contributed by atoms with Gasteiger partial charge in [-0.25, -0.2) is 0 Å². The molecule has 0 aromatic heterocycles. The lowest BCUT2D eigenvalue weighted by Gasteiger charge is -2.36. The zero-order chi connectivity index (χ0) is 10.3. The molecule has 2 heteroatoms. The lowest BCUT2D eigenvalue weighted by molar-refractivity contribution is -0.0220. The molecule has 2 nitrogen and oxygen atoms in total. The van der Waals surface area contributed by atoms with Crippen LogP contribution in [0.15, 0.2) is 0 Å². The van der Waals surface area contributed by atoms with Crippen LogP contribution in [0.1, 0.15) is 45.4 Å². The maximum absolute atomic E-state index is 6.04. The number of rotatable bonds is 2. The van der Waals surface area contributed by atoms with Gasteiger partial charge in [-0.2, -0.15) is 0 Å². The van der Waals surface area contributed by atoms with Gasteiger partial charge < -0.3 is 9.47 Å². The van der Waals surface area contributed by atoms with Crippen LogP contribution in [-0.4, -0.2) is 25.4 Å². The highest BCUT2D eigenvalue weighted by atomic mass is 16.5. The molecule has 1 spiro atoms. The molecule has 3 rings (SSSR count). The molecule has 3 fully saturated rings. The largest absolute Gasteiger partial charge is 0.377 e. The van der Waals surface area contributed by atoms with Crippen molar-refractivity contribution in [3.8, 4) is 0 Å². The van der Waals surface area contributed by atoms with Gasteiger partial charge in [0.25, 0.3) is 0 Å². The van der Waals surface area contributed by atoms with E-state index < -0.39 is 0 Å². The Bertz CT molecular complexity index is 241. The molecule has 0 aromatic carbocycles.